The summed E-state index contributed by atoms with van der Waals surface area (Å²) in [4.78, 5) is 0. The largest absolute Gasteiger partial charge is 0.347 e. The molecule has 0 bridgehead atoms. The van der Waals surface area contributed by atoms with Crippen molar-refractivity contribution in [2.24, 2.45) is 5.92 Å². The fourth-order valence-corrected chi connectivity index (χ4v) is 2.70. The smallest absolute Gasteiger partial charge is 0.0483 e. The maximum absolute atomic E-state index is 3.44. The zero-order valence-corrected chi connectivity index (χ0v) is 12.4. The first-order chi connectivity index (χ1) is 9.30. The van der Waals surface area contributed by atoms with Gasteiger partial charge in [0.2, 0.25) is 0 Å². The molecule has 2 rings (SSSR count). The van der Waals surface area contributed by atoms with E-state index < -0.39 is 0 Å². The minimum absolute atomic E-state index is 0.780. The molecule has 104 valence electrons. The van der Waals surface area contributed by atoms with Gasteiger partial charge in [-0.15, -0.1) is 0 Å². The molecule has 0 fully saturated rings. The van der Waals surface area contributed by atoms with Gasteiger partial charge in [0.1, 0.15) is 0 Å². The lowest BCUT2D eigenvalue weighted by atomic mass is 10.0. The van der Waals surface area contributed by atoms with Gasteiger partial charge in [-0.1, -0.05) is 51.8 Å². The minimum atomic E-state index is 0.780. The SMILES string of the molecule is CCNCc1cn(CC(CC)CC)c2ccccc12. The van der Waals surface area contributed by atoms with Crippen molar-refractivity contribution >= 4 is 10.9 Å². The number of nitrogens with zero attached hydrogens (tertiary/aromatic N) is 1. The van der Waals surface area contributed by atoms with E-state index in [1.54, 1.807) is 0 Å². The zero-order chi connectivity index (χ0) is 13.7. The molecule has 0 amide bonds. The molecule has 1 aromatic heterocycles. The summed E-state index contributed by atoms with van der Waals surface area (Å²) < 4.78 is 2.44. The molecule has 1 N–H and O–H groups in total. The van der Waals surface area contributed by atoms with Gasteiger partial charge < -0.3 is 9.88 Å². The van der Waals surface area contributed by atoms with Crippen molar-refractivity contribution in [2.75, 3.05) is 6.54 Å². The molecule has 0 unspecified atom stereocenters. The van der Waals surface area contributed by atoms with Crippen molar-refractivity contribution < 1.29 is 0 Å². The standard InChI is InChI=1S/C17H26N2/c1-4-14(5-2)12-19-13-15(11-18-6-3)16-9-7-8-10-17(16)19/h7-10,13-14,18H,4-6,11-12H2,1-3H3. The molecule has 1 heterocycles. The zero-order valence-electron chi connectivity index (χ0n) is 12.4. The number of para-hydroxylation sites is 1. The Bertz CT molecular complexity index is 509. The molecule has 2 aromatic rings. The summed E-state index contributed by atoms with van der Waals surface area (Å²) in [6, 6.07) is 8.76. The molecule has 0 aliphatic heterocycles. The van der Waals surface area contributed by atoms with Crippen LogP contribution in [0.25, 0.3) is 10.9 Å². The van der Waals surface area contributed by atoms with Crippen molar-refractivity contribution in [1.29, 1.82) is 0 Å². The highest BCUT2D eigenvalue weighted by Crippen LogP contribution is 2.23. The topological polar surface area (TPSA) is 17.0 Å². The predicted octanol–water partition coefficient (Wildman–Crippen LogP) is 4.19. The van der Waals surface area contributed by atoms with E-state index in [1.165, 1.54) is 29.3 Å². The minimum Gasteiger partial charge on any atom is -0.347 e. The quantitative estimate of drug-likeness (QED) is 0.788. The van der Waals surface area contributed by atoms with Crippen LogP contribution in [-0.4, -0.2) is 11.1 Å². The summed E-state index contributed by atoms with van der Waals surface area (Å²) in [5.41, 5.74) is 2.80. The van der Waals surface area contributed by atoms with E-state index in [-0.39, 0.29) is 0 Å². The second-order valence-corrected chi connectivity index (χ2v) is 5.29. The summed E-state index contributed by atoms with van der Waals surface area (Å²) >= 11 is 0. The summed E-state index contributed by atoms with van der Waals surface area (Å²) in [6.07, 6.45) is 4.85. The van der Waals surface area contributed by atoms with Crippen LogP contribution in [0.1, 0.15) is 39.2 Å². The Hall–Kier alpha value is -1.28. The number of hydrogen-bond donors (Lipinski definition) is 1. The highest BCUT2D eigenvalue weighted by molar-refractivity contribution is 5.83. The van der Waals surface area contributed by atoms with Crippen LogP contribution in [0.2, 0.25) is 0 Å². The van der Waals surface area contributed by atoms with E-state index in [1.807, 2.05) is 0 Å². The van der Waals surface area contributed by atoms with Crippen molar-refractivity contribution in [2.45, 2.75) is 46.7 Å². The Kier molecular flexibility index (Phi) is 5.03. The lowest BCUT2D eigenvalue weighted by Gasteiger charge is -2.14. The van der Waals surface area contributed by atoms with E-state index >= 15 is 0 Å². The van der Waals surface area contributed by atoms with E-state index in [2.05, 4.69) is 61.1 Å². The van der Waals surface area contributed by atoms with Crippen LogP contribution in [0.5, 0.6) is 0 Å². The lowest BCUT2D eigenvalue weighted by molar-refractivity contribution is 0.425. The van der Waals surface area contributed by atoms with Crippen LogP contribution < -0.4 is 5.32 Å². The Labute approximate surface area is 116 Å². The normalized spacial score (nSPS) is 11.6. The van der Waals surface area contributed by atoms with Crippen molar-refractivity contribution in [3.05, 3.63) is 36.0 Å². The van der Waals surface area contributed by atoms with Crippen LogP contribution in [0.3, 0.4) is 0 Å². The molecule has 0 aliphatic carbocycles. The van der Waals surface area contributed by atoms with Crippen molar-refractivity contribution in [3.8, 4) is 0 Å². The van der Waals surface area contributed by atoms with Crippen LogP contribution in [0, 0.1) is 5.92 Å². The molecule has 1 aromatic carbocycles. The van der Waals surface area contributed by atoms with E-state index in [4.69, 9.17) is 0 Å². The van der Waals surface area contributed by atoms with Gasteiger partial charge in [0, 0.05) is 30.2 Å². The number of rotatable bonds is 7. The van der Waals surface area contributed by atoms with Crippen molar-refractivity contribution in [1.82, 2.24) is 9.88 Å². The maximum atomic E-state index is 3.44. The second-order valence-electron chi connectivity index (χ2n) is 5.29. The van der Waals surface area contributed by atoms with Crippen LogP contribution in [0.4, 0.5) is 0 Å². The molecule has 0 spiro atoms. The second kappa shape index (κ2) is 6.76. The van der Waals surface area contributed by atoms with Gasteiger partial charge in [-0.05, 0) is 24.1 Å². The molecule has 0 saturated heterocycles. The third-order valence-corrected chi connectivity index (χ3v) is 4.05. The number of hydrogen-bond acceptors (Lipinski definition) is 1. The molecular weight excluding hydrogens is 232 g/mol. The fourth-order valence-electron chi connectivity index (χ4n) is 2.70. The number of benzene rings is 1. The number of fused-ring (bicyclic) bond motifs is 1. The van der Waals surface area contributed by atoms with Gasteiger partial charge in [0.25, 0.3) is 0 Å². The predicted molar refractivity (Wildman–Crippen MR) is 83.4 cm³/mol. The van der Waals surface area contributed by atoms with Gasteiger partial charge in [-0.3, -0.25) is 0 Å². The Morgan fingerprint density at radius 2 is 1.84 bits per heavy atom. The summed E-state index contributed by atoms with van der Waals surface area (Å²) in [5, 5.41) is 4.84. The van der Waals surface area contributed by atoms with E-state index in [0.717, 1.165) is 25.6 Å². The Balaban J connectivity index is 2.32. The molecule has 19 heavy (non-hydrogen) atoms. The molecule has 2 nitrogen and oxygen atoms in total. The number of nitrogens with one attached hydrogen (secondary N) is 1. The molecular formula is C17H26N2. The van der Waals surface area contributed by atoms with Gasteiger partial charge in [0.15, 0.2) is 0 Å². The van der Waals surface area contributed by atoms with Crippen LogP contribution in [0.15, 0.2) is 30.5 Å². The van der Waals surface area contributed by atoms with Gasteiger partial charge in [-0.25, -0.2) is 0 Å². The average Bonchev–Trinajstić information content (AvgIpc) is 2.81. The molecule has 0 atom stereocenters. The third-order valence-electron chi connectivity index (χ3n) is 4.05. The van der Waals surface area contributed by atoms with Gasteiger partial charge >= 0.3 is 0 Å². The summed E-state index contributed by atoms with van der Waals surface area (Å²) in [6.45, 7) is 9.86. The number of aromatic nitrogens is 1. The van der Waals surface area contributed by atoms with Gasteiger partial charge in [-0.2, -0.15) is 0 Å². The molecule has 0 radical (unpaired) electrons. The first kappa shape index (κ1) is 14.1. The van der Waals surface area contributed by atoms with Crippen LogP contribution >= 0.6 is 0 Å². The van der Waals surface area contributed by atoms with E-state index in [9.17, 15) is 0 Å². The summed E-state index contributed by atoms with van der Waals surface area (Å²) in [5.74, 6) is 0.780. The fraction of sp³-hybridized carbons (Fsp3) is 0.529. The van der Waals surface area contributed by atoms with E-state index in [0.29, 0.717) is 0 Å². The highest BCUT2D eigenvalue weighted by atomic mass is 15.0. The first-order valence-corrected chi connectivity index (χ1v) is 7.57. The molecule has 0 saturated carbocycles. The van der Waals surface area contributed by atoms with Crippen molar-refractivity contribution in [3.63, 3.8) is 0 Å². The molecule has 0 aliphatic rings. The average molecular weight is 258 g/mol. The maximum Gasteiger partial charge on any atom is 0.0483 e. The summed E-state index contributed by atoms with van der Waals surface area (Å²) in [7, 11) is 0. The monoisotopic (exact) mass is 258 g/mol. The Morgan fingerprint density at radius 1 is 1.11 bits per heavy atom. The molecule has 2 heteroatoms. The highest BCUT2D eigenvalue weighted by Gasteiger charge is 2.10. The van der Waals surface area contributed by atoms with Gasteiger partial charge in [0.05, 0.1) is 0 Å². The third kappa shape index (κ3) is 3.19. The first-order valence-electron chi connectivity index (χ1n) is 7.57. The van der Waals surface area contributed by atoms with Crippen LogP contribution in [-0.2, 0) is 13.1 Å². The lowest BCUT2D eigenvalue weighted by Crippen LogP contribution is -2.11. The Morgan fingerprint density at radius 3 is 2.53 bits per heavy atom.